The van der Waals surface area contributed by atoms with E-state index in [1.54, 1.807) is 11.0 Å². The van der Waals surface area contributed by atoms with Gasteiger partial charge in [-0.2, -0.15) is 0 Å². The standard InChI is InChI=1S/C15H18N2O4/c1-11-10-16(8-9-20-11)14(18)6-7-17-12-4-2-3-5-13(12)21-15(17)19/h2-5,11H,6-10H2,1H3/t11-/m1/s1. The summed E-state index contributed by atoms with van der Waals surface area (Å²) in [4.78, 5) is 25.8. The van der Waals surface area contributed by atoms with Gasteiger partial charge in [0.25, 0.3) is 0 Å². The molecule has 1 aromatic heterocycles. The van der Waals surface area contributed by atoms with Crippen molar-refractivity contribution in [3.05, 3.63) is 34.8 Å². The number of amides is 1. The highest BCUT2D eigenvalue weighted by Gasteiger charge is 2.21. The molecule has 1 aliphatic heterocycles. The van der Waals surface area contributed by atoms with Crippen molar-refractivity contribution in [3.8, 4) is 0 Å². The first-order chi connectivity index (χ1) is 10.1. The van der Waals surface area contributed by atoms with Crippen LogP contribution in [0.15, 0.2) is 33.5 Å². The normalized spacial score (nSPS) is 19.1. The zero-order valence-corrected chi connectivity index (χ0v) is 11.9. The van der Waals surface area contributed by atoms with E-state index in [0.717, 1.165) is 5.52 Å². The minimum atomic E-state index is -0.417. The summed E-state index contributed by atoms with van der Waals surface area (Å²) in [6.45, 7) is 4.08. The zero-order valence-electron chi connectivity index (χ0n) is 11.9. The molecule has 3 rings (SSSR count). The monoisotopic (exact) mass is 290 g/mol. The van der Waals surface area contributed by atoms with Crippen molar-refractivity contribution >= 4 is 17.0 Å². The van der Waals surface area contributed by atoms with Gasteiger partial charge in [-0.05, 0) is 19.1 Å². The Morgan fingerprint density at radius 3 is 3.00 bits per heavy atom. The van der Waals surface area contributed by atoms with E-state index in [-0.39, 0.29) is 18.4 Å². The third-order valence-electron chi connectivity index (χ3n) is 3.72. The summed E-state index contributed by atoms with van der Waals surface area (Å²) >= 11 is 0. The number of hydrogen-bond acceptors (Lipinski definition) is 4. The average molecular weight is 290 g/mol. The minimum absolute atomic E-state index is 0.0438. The third-order valence-corrected chi connectivity index (χ3v) is 3.72. The number of ether oxygens (including phenoxy) is 1. The summed E-state index contributed by atoms with van der Waals surface area (Å²) in [7, 11) is 0. The lowest BCUT2D eigenvalue weighted by Crippen LogP contribution is -2.44. The van der Waals surface area contributed by atoms with E-state index in [1.807, 2.05) is 25.1 Å². The molecule has 6 nitrogen and oxygen atoms in total. The lowest BCUT2D eigenvalue weighted by molar-refractivity contribution is -0.138. The minimum Gasteiger partial charge on any atom is -0.408 e. The maximum Gasteiger partial charge on any atom is 0.419 e. The fraction of sp³-hybridized carbons (Fsp3) is 0.467. The Morgan fingerprint density at radius 2 is 2.19 bits per heavy atom. The van der Waals surface area contributed by atoms with Gasteiger partial charge >= 0.3 is 5.76 Å². The molecule has 1 atom stereocenters. The van der Waals surface area contributed by atoms with Gasteiger partial charge in [-0.15, -0.1) is 0 Å². The Labute approximate surface area is 121 Å². The van der Waals surface area contributed by atoms with E-state index in [9.17, 15) is 9.59 Å². The maximum atomic E-state index is 12.2. The number of carbonyl (C=O) groups is 1. The molecule has 0 bridgehead atoms. The summed E-state index contributed by atoms with van der Waals surface area (Å²) < 4.78 is 12.1. The summed E-state index contributed by atoms with van der Waals surface area (Å²) in [5.41, 5.74) is 1.28. The van der Waals surface area contributed by atoms with Crippen molar-refractivity contribution in [3.63, 3.8) is 0 Å². The Balaban J connectivity index is 1.70. The van der Waals surface area contributed by atoms with Gasteiger partial charge in [0.1, 0.15) is 0 Å². The molecule has 1 fully saturated rings. The molecule has 1 amide bonds. The Kier molecular flexibility index (Phi) is 3.79. The van der Waals surface area contributed by atoms with Crippen LogP contribution >= 0.6 is 0 Å². The molecule has 1 aliphatic rings. The highest BCUT2D eigenvalue weighted by molar-refractivity contribution is 5.77. The van der Waals surface area contributed by atoms with Crippen LogP contribution in [0, 0.1) is 0 Å². The van der Waals surface area contributed by atoms with E-state index >= 15 is 0 Å². The van der Waals surface area contributed by atoms with Crippen LogP contribution in [-0.2, 0) is 16.1 Å². The number of benzene rings is 1. The molecule has 0 spiro atoms. The largest absolute Gasteiger partial charge is 0.419 e. The quantitative estimate of drug-likeness (QED) is 0.853. The van der Waals surface area contributed by atoms with E-state index in [4.69, 9.17) is 9.15 Å². The number of carbonyl (C=O) groups excluding carboxylic acids is 1. The second-order valence-electron chi connectivity index (χ2n) is 5.26. The van der Waals surface area contributed by atoms with Gasteiger partial charge in [0.05, 0.1) is 18.2 Å². The lowest BCUT2D eigenvalue weighted by atomic mass is 10.2. The Hall–Kier alpha value is -2.08. The molecule has 21 heavy (non-hydrogen) atoms. The summed E-state index contributed by atoms with van der Waals surface area (Å²) in [6.07, 6.45) is 0.357. The summed E-state index contributed by atoms with van der Waals surface area (Å²) in [6, 6.07) is 7.23. The maximum absolute atomic E-state index is 12.2. The van der Waals surface area contributed by atoms with Crippen LogP contribution < -0.4 is 5.76 Å². The number of rotatable bonds is 3. The van der Waals surface area contributed by atoms with Crippen LogP contribution in [0.5, 0.6) is 0 Å². The van der Waals surface area contributed by atoms with Crippen LogP contribution in [-0.4, -0.2) is 41.2 Å². The number of fused-ring (bicyclic) bond motifs is 1. The number of aryl methyl sites for hydroxylation is 1. The SMILES string of the molecule is C[C@@H]1CN(C(=O)CCn2c(=O)oc3ccccc32)CCO1. The fourth-order valence-electron chi connectivity index (χ4n) is 2.64. The molecule has 0 radical (unpaired) electrons. The number of aromatic nitrogens is 1. The van der Waals surface area contributed by atoms with Crippen LogP contribution in [0.4, 0.5) is 0 Å². The van der Waals surface area contributed by atoms with Gasteiger partial charge in [0, 0.05) is 26.1 Å². The van der Waals surface area contributed by atoms with Crippen molar-refractivity contribution in [2.45, 2.75) is 26.0 Å². The number of oxazole rings is 1. The molecule has 2 aromatic rings. The van der Waals surface area contributed by atoms with Crippen molar-refractivity contribution < 1.29 is 13.9 Å². The third kappa shape index (κ3) is 2.85. The Bertz CT molecular complexity index is 703. The van der Waals surface area contributed by atoms with Gasteiger partial charge in [0.2, 0.25) is 5.91 Å². The summed E-state index contributed by atoms with van der Waals surface area (Å²) in [5.74, 6) is -0.373. The van der Waals surface area contributed by atoms with Gasteiger partial charge < -0.3 is 14.1 Å². The van der Waals surface area contributed by atoms with Crippen LogP contribution in [0.2, 0.25) is 0 Å². The van der Waals surface area contributed by atoms with Gasteiger partial charge in [0.15, 0.2) is 5.58 Å². The topological polar surface area (TPSA) is 64.7 Å². The molecule has 1 saturated heterocycles. The van der Waals surface area contributed by atoms with E-state index in [2.05, 4.69) is 0 Å². The number of hydrogen-bond donors (Lipinski definition) is 0. The van der Waals surface area contributed by atoms with Gasteiger partial charge in [-0.1, -0.05) is 12.1 Å². The molecule has 0 aliphatic carbocycles. The number of para-hydroxylation sites is 2. The van der Waals surface area contributed by atoms with Gasteiger partial charge in [-0.3, -0.25) is 9.36 Å². The number of nitrogens with zero attached hydrogens (tertiary/aromatic N) is 2. The van der Waals surface area contributed by atoms with E-state index in [1.165, 1.54) is 4.57 Å². The molecular weight excluding hydrogens is 272 g/mol. The smallest absolute Gasteiger partial charge is 0.408 e. The second-order valence-corrected chi connectivity index (χ2v) is 5.26. The summed E-state index contributed by atoms with van der Waals surface area (Å²) in [5, 5.41) is 0. The molecule has 0 N–H and O–H groups in total. The molecule has 2 heterocycles. The second kappa shape index (κ2) is 5.73. The first-order valence-corrected chi connectivity index (χ1v) is 7.13. The van der Waals surface area contributed by atoms with E-state index in [0.29, 0.717) is 31.8 Å². The lowest BCUT2D eigenvalue weighted by Gasteiger charge is -2.31. The molecule has 6 heteroatoms. The van der Waals surface area contributed by atoms with Gasteiger partial charge in [-0.25, -0.2) is 4.79 Å². The Morgan fingerprint density at radius 1 is 1.38 bits per heavy atom. The first kappa shape index (κ1) is 13.9. The van der Waals surface area contributed by atoms with Crippen molar-refractivity contribution in [2.24, 2.45) is 0 Å². The first-order valence-electron chi connectivity index (χ1n) is 7.13. The molecule has 1 aromatic carbocycles. The van der Waals surface area contributed by atoms with E-state index < -0.39 is 5.76 Å². The van der Waals surface area contributed by atoms with Crippen molar-refractivity contribution in [1.82, 2.24) is 9.47 Å². The molecule has 0 saturated carbocycles. The average Bonchev–Trinajstić information content (AvgIpc) is 2.80. The van der Waals surface area contributed by atoms with Crippen molar-refractivity contribution in [1.29, 1.82) is 0 Å². The zero-order chi connectivity index (χ0) is 14.8. The van der Waals surface area contributed by atoms with Crippen LogP contribution in [0.1, 0.15) is 13.3 Å². The molecular formula is C15H18N2O4. The highest BCUT2D eigenvalue weighted by atomic mass is 16.5. The van der Waals surface area contributed by atoms with Crippen LogP contribution in [0.3, 0.4) is 0 Å². The molecule has 112 valence electrons. The molecule has 0 unspecified atom stereocenters. The predicted molar refractivity (Wildman–Crippen MR) is 77.1 cm³/mol. The predicted octanol–water partition coefficient (Wildman–Crippen LogP) is 1.23. The number of morpholine rings is 1. The highest BCUT2D eigenvalue weighted by Crippen LogP contribution is 2.13. The van der Waals surface area contributed by atoms with Crippen molar-refractivity contribution in [2.75, 3.05) is 19.7 Å². The fourth-order valence-corrected chi connectivity index (χ4v) is 2.64. The van der Waals surface area contributed by atoms with Crippen LogP contribution in [0.25, 0.3) is 11.1 Å².